The van der Waals surface area contributed by atoms with Crippen LogP contribution < -0.4 is 10.6 Å². The molecule has 0 fully saturated rings. The van der Waals surface area contributed by atoms with Gasteiger partial charge in [-0.25, -0.2) is 9.37 Å². The molecule has 1 heterocycles. The predicted octanol–water partition coefficient (Wildman–Crippen LogP) is 4.98. The monoisotopic (exact) mass is 445 g/mol. The number of aromatic nitrogens is 1. The number of hydrogen-bond acceptors (Lipinski definition) is 5. The number of oxazole rings is 1. The van der Waals surface area contributed by atoms with Gasteiger partial charge in [-0.3, -0.25) is 9.59 Å². The number of rotatable bonds is 7. The normalized spacial score (nSPS) is 10.6. The zero-order valence-corrected chi connectivity index (χ0v) is 17.7. The number of halogens is 1. The molecule has 4 aromatic rings. The van der Waals surface area contributed by atoms with E-state index in [1.807, 2.05) is 0 Å². The van der Waals surface area contributed by atoms with Gasteiger partial charge < -0.3 is 19.8 Å². The van der Waals surface area contributed by atoms with Gasteiger partial charge in [0.1, 0.15) is 12.4 Å². The van der Waals surface area contributed by atoms with E-state index in [2.05, 4.69) is 15.6 Å². The van der Waals surface area contributed by atoms with Crippen LogP contribution in [0.5, 0.6) is 0 Å². The molecule has 2 amide bonds. The number of ether oxygens (including phenoxy) is 1. The predicted molar refractivity (Wildman–Crippen MR) is 122 cm³/mol. The summed E-state index contributed by atoms with van der Waals surface area (Å²) < 4.78 is 24.7. The van der Waals surface area contributed by atoms with Crippen LogP contribution in [-0.4, -0.2) is 30.5 Å². The second-order valence-electron chi connectivity index (χ2n) is 7.07. The van der Waals surface area contributed by atoms with Crippen LogP contribution in [0.15, 0.2) is 83.4 Å². The average molecular weight is 445 g/mol. The van der Waals surface area contributed by atoms with E-state index in [9.17, 15) is 14.0 Å². The zero-order chi connectivity index (χ0) is 23.2. The summed E-state index contributed by atoms with van der Waals surface area (Å²) in [5.74, 6) is -0.668. The summed E-state index contributed by atoms with van der Waals surface area (Å²) in [6.45, 7) is -0.0744. The molecule has 8 heteroatoms. The van der Waals surface area contributed by atoms with Crippen LogP contribution in [0.1, 0.15) is 10.4 Å². The van der Waals surface area contributed by atoms with Gasteiger partial charge in [-0.1, -0.05) is 30.3 Å². The molecule has 0 aliphatic carbocycles. The maximum absolute atomic E-state index is 14.1. The van der Waals surface area contributed by atoms with Crippen molar-refractivity contribution in [3.63, 3.8) is 0 Å². The second-order valence-corrected chi connectivity index (χ2v) is 7.07. The summed E-state index contributed by atoms with van der Waals surface area (Å²) in [7, 11) is 1.43. The number of nitrogens with zero attached hydrogens (tertiary/aromatic N) is 1. The van der Waals surface area contributed by atoms with Gasteiger partial charge in [0.25, 0.3) is 5.91 Å². The lowest BCUT2D eigenvalue weighted by atomic mass is 10.1. The highest BCUT2D eigenvalue weighted by Crippen LogP contribution is 2.30. The van der Waals surface area contributed by atoms with Crippen molar-refractivity contribution < 1.29 is 23.1 Å². The lowest BCUT2D eigenvalue weighted by Gasteiger charge is -2.10. The minimum atomic E-state index is -0.427. The van der Waals surface area contributed by atoms with Crippen LogP contribution in [0.25, 0.3) is 22.8 Å². The number of anilines is 2. The van der Waals surface area contributed by atoms with Crippen LogP contribution in [0.4, 0.5) is 15.8 Å². The Hall–Kier alpha value is -4.30. The number of amides is 2. The largest absolute Gasteiger partial charge is 0.436 e. The number of carbonyl (C=O) groups is 2. The SMILES string of the molecule is COCC(=O)Nc1cccc(NC(=O)c2ccccc2-c2ncc(-c3ccccc3F)o2)c1. The molecule has 0 saturated carbocycles. The molecule has 0 unspecified atom stereocenters. The van der Waals surface area contributed by atoms with Crippen molar-refractivity contribution in [3.05, 3.63) is 90.4 Å². The van der Waals surface area contributed by atoms with Gasteiger partial charge in [0, 0.05) is 24.0 Å². The molecular weight excluding hydrogens is 425 g/mol. The Bertz CT molecular complexity index is 1300. The molecule has 0 radical (unpaired) electrons. The van der Waals surface area contributed by atoms with Gasteiger partial charge in [0.15, 0.2) is 5.76 Å². The maximum atomic E-state index is 14.1. The van der Waals surface area contributed by atoms with E-state index in [1.54, 1.807) is 66.7 Å². The smallest absolute Gasteiger partial charge is 0.256 e. The summed E-state index contributed by atoms with van der Waals surface area (Å²) in [5, 5.41) is 5.50. The second kappa shape index (κ2) is 9.88. The topological polar surface area (TPSA) is 93.5 Å². The van der Waals surface area contributed by atoms with Crippen molar-refractivity contribution in [2.45, 2.75) is 0 Å². The van der Waals surface area contributed by atoms with Gasteiger partial charge in [-0.05, 0) is 42.5 Å². The standard InChI is InChI=1S/C25H20FN3O4/c1-32-15-23(30)28-16-7-6-8-17(13-16)29-24(31)18-9-2-3-10-19(18)25-27-14-22(33-25)20-11-4-5-12-21(20)26/h2-14H,15H2,1H3,(H,28,30)(H,29,31). The molecule has 0 spiro atoms. The molecule has 33 heavy (non-hydrogen) atoms. The van der Waals surface area contributed by atoms with E-state index < -0.39 is 11.7 Å². The third-order valence-corrected chi connectivity index (χ3v) is 4.73. The van der Waals surface area contributed by atoms with E-state index in [0.717, 1.165) is 0 Å². The van der Waals surface area contributed by atoms with Crippen molar-refractivity contribution in [1.82, 2.24) is 4.98 Å². The molecule has 0 aliphatic heterocycles. The molecule has 166 valence electrons. The van der Waals surface area contributed by atoms with Gasteiger partial charge in [0.05, 0.1) is 17.3 Å². The van der Waals surface area contributed by atoms with Gasteiger partial charge in [0.2, 0.25) is 11.8 Å². The lowest BCUT2D eigenvalue weighted by molar-refractivity contribution is -0.119. The zero-order valence-electron chi connectivity index (χ0n) is 17.7. The fourth-order valence-electron chi connectivity index (χ4n) is 3.25. The minimum Gasteiger partial charge on any atom is -0.436 e. The lowest BCUT2D eigenvalue weighted by Crippen LogP contribution is -2.17. The van der Waals surface area contributed by atoms with Crippen molar-refractivity contribution in [1.29, 1.82) is 0 Å². The summed E-state index contributed by atoms with van der Waals surface area (Å²) >= 11 is 0. The van der Waals surface area contributed by atoms with Gasteiger partial charge in [-0.15, -0.1) is 0 Å². The first-order valence-electron chi connectivity index (χ1n) is 10.1. The van der Waals surface area contributed by atoms with E-state index >= 15 is 0 Å². The molecule has 0 atom stereocenters. The Balaban J connectivity index is 1.57. The Kier molecular flexibility index (Phi) is 6.56. The Morgan fingerprint density at radius 2 is 1.64 bits per heavy atom. The number of carbonyl (C=O) groups excluding carboxylic acids is 2. The van der Waals surface area contributed by atoms with Crippen LogP contribution in [0.3, 0.4) is 0 Å². The van der Waals surface area contributed by atoms with Crippen LogP contribution >= 0.6 is 0 Å². The highest BCUT2D eigenvalue weighted by Gasteiger charge is 2.18. The van der Waals surface area contributed by atoms with E-state index in [1.165, 1.54) is 19.4 Å². The highest BCUT2D eigenvalue weighted by molar-refractivity contribution is 6.08. The maximum Gasteiger partial charge on any atom is 0.256 e. The molecule has 0 bridgehead atoms. The molecule has 2 N–H and O–H groups in total. The van der Waals surface area contributed by atoms with E-state index in [0.29, 0.717) is 22.5 Å². The highest BCUT2D eigenvalue weighted by atomic mass is 19.1. The van der Waals surface area contributed by atoms with Crippen LogP contribution in [0.2, 0.25) is 0 Å². The molecule has 3 aromatic carbocycles. The number of methoxy groups -OCH3 is 1. The van der Waals surface area contributed by atoms with Crippen molar-refractivity contribution in [3.8, 4) is 22.8 Å². The van der Waals surface area contributed by atoms with Crippen LogP contribution in [0, 0.1) is 5.82 Å². The molecular formula is C25H20FN3O4. The molecule has 0 saturated heterocycles. The molecule has 4 rings (SSSR count). The minimum absolute atomic E-state index is 0.0744. The first-order chi connectivity index (χ1) is 16.0. The fraction of sp³-hybridized carbons (Fsp3) is 0.0800. The number of nitrogens with one attached hydrogen (secondary N) is 2. The summed E-state index contributed by atoms with van der Waals surface area (Å²) in [4.78, 5) is 29.0. The molecule has 0 aliphatic rings. The summed E-state index contributed by atoms with van der Waals surface area (Å²) in [6.07, 6.45) is 1.43. The average Bonchev–Trinajstić information content (AvgIpc) is 3.29. The Morgan fingerprint density at radius 1 is 0.939 bits per heavy atom. The molecule has 7 nitrogen and oxygen atoms in total. The van der Waals surface area contributed by atoms with E-state index in [-0.39, 0.29) is 29.7 Å². The Labute approximate surface area is 189 Å². The summed E-state index contributed by atoms with van der Waals surface area (Å²) in [5.41, 5.74) is 2.08. The third-order valence-electron chi connectivity index (χ3n) is 4.73. The third kappa shape index (κ3) is 5.13. The Morgan fingerprint density at radius 3 is 2.39 bits per heavy atom. The quantitative estimate of drug-likeness (QED) is 0.418. The number of benzene rings is 3. The van der Waals surface area contributed by atoms with Crippen molar-refractivity contribution in [2.24, 2.45) is 0 Å². The fourth-order valence-corrected chi connectivity index (χ4v) is 3.25. The van der Waals surface area contributed by atoms with Crippen molar-refractivity contribution in [2.75, 3.05) is 24.4 Å². The van der Waals surface area contributed by atoms with Gasteiger partial charge >= 0.3 is 0 Å². The summed E-state index contributed by atoms with van der Waals surface area (Å²) in [6, 6.07) is 19.8. The van der Waals surface area contributed by atoms with Crippen LogP contribution in [-0.2, 0) is 9.53 Å². The van der Waals surface area contributed by atoms with Gasteiger partial charge in [-0.2, -0.15) is 0 Å². The first kappa shape index (κ1) is 21.9. The van der Waals surface area contributed by atoms with E-state index in [4.69, 9.17) is 9.15 Å². The number of hydrogen-bond donors (Lipinski definition) is 2. The first-order valence-corrected chi connectivity index (χ1v) is 10.1. The van der Waals surface area contributed by atoms with Crippen molar-refractivity contribution >= 4 is 23.2 Å². The molecule has 1 aromatic heterocycles.